The maximum absolute atomic E-state index is 12.3. The molecule has 0 radical (unpaired) electrons. The summed E-state index contributed by atoms with van der Waals surface area (Å²) in [6.45, 7) is 6.12. The van der Waals surface area contributed by atoms with Crippen LogP contribution in [0.2, 0.25) is 30.8 Å². The lowest BCUT2D eigenvalue weighted by Crippen LogP contribution is -2.35. The van der Waals surface area contributed by atoms with Crippen molar-refractivity contribution in [2.75, 3.05) is 29.4 Å². The second-order valence-electron chi connectivity index (χ2n) is 8.32. The van der Waals surface area contributed by atoms with E-state index in [9.17, 15) is 27.0 Å². The molecule has 0 aliphatic rings. The Morgan fingerprint density at radius 1 is 1.23 bits per heavy atom. The smallest absolute Gasteiger partial charge is 0.246 e. The lowest BCUT2D eigenvalue weighted by Gasteiger charge is -2.17. The van der Waals surface area contributed by atoms with Crippen molar-refractivity contribution in [2.45, 2.75) is 38.5 Å². The molecule has 0 bridgehead atoms. The second-order valence-corrected chi connectivity index (χ2v) is 18.2. The monoisotopic (exact) mass is 514 g/mol. The van der Waals surface area contributed by atoms with Crippen LogP contribution in [0.15, 0.2) is 6.07 Å². The van der Waals surface area contributed by atoms with Crippen molar-refractivity contribution >= 4 is 56.6 Å². The van der Waals surface area contributed by atoms with Crippen molar-refractivity contribution in [1.82, 2.24) is 14.8 Å². The summed E-state index contributed by atoms with van der Waals surface area (Å²) in [5.74, 6) is -0.498. The molecule has 0 spiro atoms. The SMILES string of the molecule is C[Si](C)(C)CCOCn1nc(N(S(C)(=O)=O)S(C)(=O)=O)c2nc(Cl)cc(C(O)CO)c21. The standard InChI is InChI=1S/C16H27ClN4O7S2Si/c1-29(24,25)21(30(2,26)27)16-14-15(11(12(23)9-22)8-13(17)18-14)20(19-16)10-28-6-7-31(3,4)5/h8,12,22-23H,6-7,9-10H2,1-5H3. The summed E-state index contributed by atoms with van der Waals surface area (Å²) in [5.41, 5.74) is 0.0397. The Bertz CT molecular complexity index is 1130. The van der Waals surface area contributed by atoms with Gasteiger partial charge >= 0.3 is 0 Å². The Kier molecular flexibility index (Phi) is 7.78. The molecule has 2 N–H and O–H groups in total. The minimum Gasteiger partial charge on any atom is -0.393 e. The van der Waals surface area contributed by atoms with Crippen LogP contribution in [0.1, 0.15) is 11.7 Å². The van der Waals surface area contributed by atoms with Gasteiger partial charge in [-0.2, -0.15) is 0 Å². The van der Waals surface area contributed by atoms with Gasteiger partial charge in [-0.3, -0.25) is 0 Å². The molecule has 0 aliphatic carbocycles. The molecule has 0 saturated heterocycles. The number of aromatic nitrogens is 3. The number of hydrogen-bond donors (Lipinski definition) is 2. The molecule has 15 heteroatoms. The summed E-state index contributed by atoms with van der Waals surface area (Å²) in [6.07, 6.45) is 0.0487. The number of ether oxygens (including phenoxy) is 1. The number of aliphatic hydroxyl groups excluding tert-OH is 2. The van der Waals surface area contributed by atoms with Gasteiger partial charge in [-0.25, -0.2) is 26.5 Å². The van der Waals surface area contributed by atoms with Gasteiger partial charge in [0.1, 0.15) is 23.5 Å². The van der Waals surface area contributed by atoms with Crippen LogP contribution in [0.4, 0.5) is 5.82 Å². The average Bonchev–Trinajstić information content (AvgIpc) is 2.91. The maximum atomic E-state index is 12.3. The third-order valence-electron chi connectivity index (χ3n) is 4.19. The van der Waals surface area contributed by atoms with Crippen LogP contribution in [-0.4, -0.2) is 75.6 Å². The Hall–Kier alpha value is -1.29. The molecular weight excluding hydrogens is 488 g/mol. The minimum atomic E-state index is -4.31. The van der Waals surface area contributed by atoms with Gasteiger partial charge in [-0.05, 0) is 12.1 Å². The summed E-state index contributed by atoms with van der Waals surface area (Å²) in [4.78, 5) is 4.06. The first-order valence-corrected chi connectivity index (χ1v) is 17.0. The zero-order valence-corrected chi connectivity index (χ0v) is 21.3. The topological polar surface area (TPSA) is 152 Å². The van der Waals surface area contributed by atoms with Gasteiger partial charge < -0.3 is 14.9 Å². The van der Waals surface area contributed by atoms with Crippen LogP contribution in [-0.2, 0) is 31.5 Å². The molecule has 31 heavy (non-hydrogen) atoms. The molecule has 1 unspecified atom stereocenters. The Balaban J connectivity index is 2.73. The number of nitrogens with zero attached hydrogens (tertiary/aromatic N) is 4. The largest absolute Gasteiger partial charge is 0.393 e. The normalized spacial score (nSPS) is 14.2. The van der Waals surface area contributed by atoms with Crippen LogP contribution < -0.4 is 3.71 Å². The summed E-state index contributed by atoms with van der Waals surface area (Å²) < 4.78 is 56.2. The molecule has 11 nitrogen and oxygen atoms in total. The van der Waals surface area contributed by atoms with Crippen LogP contribution in [0.5, 0.6) is 0 Å². The van der Waals surface area contributed by atoms with Crippen LogP contribution in [0.3, 0.4) is 0 Å². The van der Waals surface area contributed by atoms with E-state index < -0.39 is 46.6 Å². The van der Waals surface area contributed by atoms with E-state index in [0.29, 0.717) is 6.61 Å². The van der Waals surface area contributed by atoms with Crippen LogP contribution >= 0.6 is 11.6 Å². The molecule has 176 valence electrons. The molecule has 0 saturated carbocycles. The van der Waals surface area contributed by atoms with Crippen LogP contribution in [0, 0.1) is 0 Å². The number of aliphatic hydroxyl groups is 2. The molecule has 0 fully saturated rings. The molecule has 0 aromatic carbocycles. The van der Waals surface area contributed by atoms with Crippen molar-refractivity contribution in [3.05, 3.63) is 16.8 Å². The van der Waals surface area contributed by atoms with Gasteiger partial charge in [0, 0.05) is 20.2 Å². The van der Waals surface area contributed by atoms with Gasteiger partial charge in [0.25, 0.3) is 0 Å². The van der Waals surface area contributed by atoms with Crippen molar-refractivity contribution in [2.24, 2.45) is 0 Å². The number of halogens is 1. The number of sulfonamides is 2. The minimum absolute atomic E-state index is 0.103. The van der Waals surface area contributed by atoms with E-state index in [0.717, 1.165) is 18.6 Å². The number of rotatable bonds is 10. The van der Waals surface area contributed by atoms with Gasteiger partial charge in [0.15, 0.2) is 0 Å². The number of fused-ring (bicyclic) bond motifs is 1. The van der Waals surface area contributed by atoms with Crippen LogP contribution in [0.25, 0.3) is 11.0 Å². The van der Waals surface area contributed by atoms with Crippen molar-refractivity contribution in [3.63, 3.8) is 0 Å². The molecule has 1 atom stereocenters. The molecule has 2 aromatic rings. The predicted octanol–water partition coefficient (Wildman–Crippen LogP) is 1.15. The quantitative estimate of drug-likeness (QED) is 0.270. The van der Waals surface area contributed by atoms with E-state index >= 15 is 0 Å². The van der Waals surface area contributed by atoms with Crippen molar-refractivity contribution < 1.29 is 31.8 Å². The van der Waals surface area contributed by atoms with E-state index in [1.807, 2.05) is 0 Å². The van der Waals surface area contributed by atoms with E-state index in [2.05, 4.69) is 29.7 Å². The fraction of sp³-hybridized carbons (Fsp3) is 0.625. The second kappa shape index (κ2) is 9.29. The van der Waals surface area contributed by atoms with Crippen molar-refractivity contribution in [1.29, 1.82) is 0 Å². The van der Waals surface area contributed by atoms with Gasteiger partial charge in [0.2, 0.25) is 25.9 Å². The Morgan fingerprint density at radius 2 is 1.81 bits per heavy atom. The first kappa shape index (κ1) is 26.0. The highest BCUT2D eigenvalue weighted by Gasteiger charge is 2.34. The highest BCUT2D eigenvalue weighted by atomic mass is 35.5. The highest BCUT2D eigenvalue weighted by molar-refractivity contribution is 8.09. The molecule has 2 rings (SSSR count). The average molecular weight is 515 g/mol. The maximum Gasteiger partial charge on any atom is 0.246 e. The number of hydrogen-bond acceptors (Lipinski definition) is 9. The van der Waals surface area contributed by atoms with E-state index in [-0.39, 0.29) is 32.2 Å². The van der Waals surface area contributed by atoms with E-state index in [1.165, 1.54) is 10.7 Å². The lowest BCUT2D eigenvalue weighted by molar-refractivity contribution is 0.0794. The molecular formula is C16H27ClN4O7S2Si. The fourth-order valence-corrected chi connectivity index (χ4v) is 6.62. The summed E-state index contributed by atoms with van der Waals surface area (Å²) >= 11 is 6.03. The molecule has 0 amide bonds. The fourth-order valence-electron chi connectivity index (χ4n) is 2.82. The first-order chi connectivity index (χ1) is 14.1. The molecule has 2 aromatic heterocycles. The van der Waals surface area contributed by atoms with Crippen molar-refractivity contribution in [3.8, 4) is 0 Å². The number of pyridine rings is 1. The lowest BCUT2D eigenvalue weighted by atomic mass is 10.1. The highest BCUT2D eigenvalue weighted by Crippen LogP contribution is 2.34. The zero-order chi connectivity index (χ0) is 23.8. The Labute approximate surface area is 187 Å². The molecule has 0 aliphatic heterocycles. The number of anilines is 1. The van der Waals surface area contributed by atoms with E-state index in [4.69, 9.17) is 16.3 Å². The van der Waals surface area contributed by atoms with E-state index in [1.54, 1.807) is 0 Å². The predicted molar refractivity (Wildman–Crippen MR) is 121 cm³/mol. The van der Waals surface area contributed by atoms with Gasteiger partial charge in [-0.1, -0.05) is 31.2 Å². The van der Waals surface area contributed by atoms with Gasteiger partial charge in [0.05, 0.1) is 24.6 Å². The summed E-state index contributed by atoms with van der Waals surface area (Å²) in [6, 6.07) is 2.15. The van der Waals surface area contributed by atoms with Gasteiger partial charge in [-0.15, -0.1) is 8.81 Å². The third-order valence-corrected chi connectivity index (χ3v) is 9.27. The molecule has 2 heterocycles. The Morgan fingerprint density at radius 3 is 2.29 bits per heavy atom. The summed E-state index contributed by atoms with van der Waals surface area (Å²) in [7, 11) is -10.00. The third kappa shape index (κ3) is 6.37. The first-order valence-electron chi connectivity index (χ1n) is 9.20. The zero-order valence-electron chi connectivity index (χ0n) is 17.9. The summed E-state index contributed by atoms with van der Waals surface area (Å²) in [5, 5.41) is 23.7.